The van der Waals surface area contributed by atoms with E-state index in [0.29, 0.717) is 77.7 Å². The number of rotatable bonds is 12. The summed E-state index contributed by atoms with van der Waals surface area (Å²) in [5, 5.41) is 14.8. The third kappa shape index (κ3) is 14.2. The number of hydrogen-bond acceptors (Lipinski definition) is 16. The van der Waals surface area contributed by atoms with Crippen molar-refractivity contribution in [2.45, 2.75) is 53.6 Å². The Hall–Kier alpha value is -8.65. The molecule has 6 heterocycles. The van der Waals surface area contributed by atoms with E-state index < -0.39 is 0 Å². The predicted octanol–water partition coefficient (Wildman–Crippen LogP) is 7.59. The van der Waals surface area contributed by atoms with E-state index in [-0.39, 0.29) is 28.9 Å². The number of pyridine rings is 2. The molecule has 21 heteroatoms. The Kier molecular flexibility index (Phi) is 17.5. The number of carbonyl (C=O) groups excluding carboxylic acids is 4. The van der Waals surface area contributed by atoms with Crippen LogP contribution in [0.15, 0.2) is 98.4 Å². The van der Waals surface area contributed by atoms with Gasteiger partial charge < -0.3 is 51.6 Å². The summed E-state index contributed by atoms with van der Waals surface area (Å²) in [4.78, 5) is 75.1. The molecular weight excluding hydrogens is 928 g/mol. The van der Waals surface area contributed by atoms with Crippen molar-refractivity contribution in [3.8, 4) is 11.5 Å². The highest BCUT2D eigenvalue weighted by Gasteiger charge is 2.22. The fraction of sp³-hybridized carbons (Fsp3) is 0.240. The zero-order chi connectivity index (χ0) is 51.2. The lowest BCUT2D eigenvalue weighted by atomic mass is 9.98. The number of aryl methyl sites for hydroxylation is 2. The molecule has 0 fully saturated rings. The van der Waals surface area contributed by atoms with E-state index in [9.17, 15) is 19.2 Å². The van der Waals surface area contributed by atoms with E-state index in [1.807, 2.05) is 47.9 Å². The van der Waals surface area contributed by atoms with Crippen molar-refractivity contribution in [3.63, 3.8) is 0 Å². The van der Waals surface area contributed by atoms with E-state index >= 15 is 0 Å². The van der Waals surface area contributed by atoms with Gasteiger partial charge in [0.2, 0.25) is 34.9 Å². The van der Waals surface area contributed by atoms with Crippen molar-refractivity contribution in [2.75, 3.05) is 59.6 Å². The fourth-order valence-electron chi connectivity index (χ4n) is 7.21. The lowest BCUT2D eigenvalue weighted by molar-refractivity contribution is -0.130. The standard InChI is InChI=1S/C25H27N7O3.C13H12ClN5O.C12H16N2O2/c1-5-23(34)29-21-7-6-8-22(28-21)30-24-15(2)13-26-25(31-24)27-19-11-17-9-10-32(16(3)33)14-18(17)12-20(19)35-4;1-3-11(20)17-9-5-4-6-10(16-9)18-12-8(2)7-15-13(14)19-12;1-8(15)14-4-3-9-5-11(13)12(16-2)6-10(9)7-14/h5-8,11-13H,1,9-10,14H2,2-4H3,(H3,26,27,28,29,30,31,34);3-7H,1H2,2H3,(H2,15,16,17,18,19,20);5-6H,3-4,7,13H2,1-2H3. The number of nitrogens with two attached hydrogens (primary N) is 1. The van der Waals surface area contributed by atoms with Gasteiger partial charge in [0.25, 0.3) is 0 Å². The van der Waals surface area contributed by atoms with Gasteiger partial charge in [-0.2, -0.15) is 4.98 Å². The zero-order valence-corrected chi connectivity index (χ0v) is 41.0. The van der Waals surface area contributed by atoms with Crippen molar-refractivity contribution < 1.29 is 28.7 Å². The maximum absolute atomic E-state index is 11.8. The molecular formula is C50H55ClN14O6. The SMILES string of the molecule is C=CC(=O)Nc1cccc(Nc2nc(Cl)ncc2C)n1.C=CC(=O)Nc1cccc(Nc2nc(Nc3cc4c(cc3OC)CN(C(C)=O)CC4)ncc2C)n1.COc1cc2c(cc1N)CCN(C(C)=O)C2. The minimum Gasteiger partial charge on any atom is -0.495 e. The van der Waals surface area contributed by atoms with E-state index in [4.69, 9.17) is 26.8 Å². The minimum absolute atomic E-state index is 0.0630. The van der Waals surface area contributed by atoms with Gasteiger partial charge in [-0.15, -0.1) is 0 Å². The number of aromatic nitrogens is 6. The molecule has 0 unspecified atom stereocenters. The summed E-state index contributed by atoms with van der Waals surface area (Å²) in [6.07, 6.45) is 7.30. The number of methoxy groups -OCH3 is 2. The summed E-state index contributed by atoms with van der Waals surface area (Å²) in [5.41, 5.74) is 13.5. The molecule has 368 valence electrons. The van der Waals surface area contributed by atoms with Crippen LogP contribution in [0.4, 0.5) is 52.2 Å². The summed E-state index contributed by atoms with van der Waals surface area (Å²) < 4.78 is 10.8. The average molecular weight is 984 g/mol. The van der Waals surface area contributed by atoms with Gasteiger partial charge in [0.1, 0.15) is 46.4 Å². The maximum Gasteiger partial charge on any atom is 0.248 e. The molecule has 4 amide bonds. The number of benzene rings is 2. The molecule has 8 rings (SSSR count). The normalized spacial score (nSPS) is 12.2. The number of anilines is 9. The van der Waals surface area contributed by atoms with Crippen molar-refractivity contribution >= 4 is 87.5 Å². The van der Waals surface area contributed by atoms with Crippen LogP contribution in [-0.2, 0) is 45.1 Å². The average Bonchev–Trinajstić information content (AvgIpc) is 3.35. The molecule has 7 N–H and O–H groups in total. The van der Waals surface area contributed by atoms with Gasteiger partial charge in [-0.25, -0.2) is 24.9 Å². The minimum atomic E-state index is -0.340. The van der Waals surface area contributed by atoms with Gasteiger partial charge in [0, 0.05) is 63.5 Å². The first-order valence-corrected chi connectivity index (χ1v) is 22.5. The largest absolute Gasteiger partial charge is 0.495 e. The van der Waals surface area contributed by atoms with Crippen LogP contribution in [0.2, 0.25) is 5.28 Å². The lowest BCUT2D eigenvalue weighted by Crippen LogP contribution is -2.34. The van der Waals surface area contributed by atoms with Crippen LogP contribution in [0.25, 0.3) is 0 Å². The maximum atomic E-state index is 11.8. The van der Waals surface area contributed by atoms with Gasteiger partial charge in [0.15, 0.2) is 0 Å². The molecule has 2 aliphatic heterocycles. The third-order valence-electron chi connectivity index (χ3n) is 11.0. The first-order chi connectivity index (χ1) is 34.0. The number of ether oxygens (including phenoxy) is 2. The number of hydrogen-bond donors (Lipinski definition) is 6. The number of halogens is 1. The molecule has 0 saturated carbocycles. The molecule has 0 spiro atoms. The topological polar surface area (TPSA) is 257 Å². The molecule has 0 saturated heterocycles. The number of amides is 4. The first kappa shape index (κ1) is 51.7. The summed E-state index contributed by atoms with van der Waals surface area (Å²) in [7, 11) is 3.20. The Balaban J connectivity index is 0.000000193. The third-order valence-corrected chi connectivity index (χ3v) is 11.2. The Morgan fingerprint density at radius 3 is 1.63 bits per heavy atom. The van der Waals surface area contributed by atoms with Crippen LogP contribution in [0.3, 0.4) is 0 Å². The second-order valence-corrected chi connectivity index (χ2v) is 16.4. The van der Waals surface area contributed by atoms with Crippen LogP contribution in [0, 0.1) is 13.8 Å². The van der Waals surface area contributed by atoms with Crippen LogP contribution < -0.4 is 41.8 Å². The van der Waals surface area contributed by atoms with E-state index in [1.165, 1.54) is 17.7 Å². The van der Waals surface area contributed by atoms with Crippen LogP contribution >= 0.6 is 11.6 Å². The molecule has 0 aliphatic carbocycles. The number of nitrogens with one attached hydrogen (secondary N) is 5. The molecule has 4 aromatic heterocycles. The van der Waals surface area contributed by atoms with Crippen molar-refractivity contribution in [1.29, 1.82) is 0 Å². The van der Waals surface area contributed by atoms with E-state index in [1.54, 1.807) is 76.9 Å². The van der Waals surface area contributed by atoms with Crippen molar-refractivity contribution in [3.05, 3.63) is 137 Å². The highest BCUT2D eigenvalue weighted by molar-refractivity contribution is 6.28. The predicted molar refractivity (Wildman–Crippen MR) is 275 cm³/mol. The van der Waals surface area contributed by atoms with Crippen LogP contribution in [0.5, 0.6) is 11.5 Å². The number of carbonyl (C=O) groups is 4. The number of nitrogen functional groups attached to an aromatic ring is 1. The van der Waals surface area contributed by atoms with E-state index in [0.717, 1.165) is 52.9 Å². The highest BCUT2D eigenvalue weighted by Crippen LogP contribution is 2.34. The fourth-order valence-corrected chi connectivity index (χ4v) is 7.35. The lowest BCUT2D eigenvalue weighted by Gasteiger charge is -2.29. The Bertz CT molecular complexity index is 2970. The molecule has 2 aliphatic rings. The van der Waals surface area contributed by atoms with Gasteiger partial charge in [-0.05, 0) is 121 Å². The molecule has 0 bridgehead atoms. The Labute approximate surface area is 416 Å². The van der Waals surface area contributed by atoms with Gasteiger partial charge in [-0.1, -0.05) is 25.3 Å². The quantitative estimate of drug-likeness (QED) is 0.0392. The summed E-state index contributed by atoms with van der Waals surface area (Å²) in [6, 6.07) is 18.3. The second kappa shape index (κ2) is 24.1. The molecule has 2 aromatic carbocycles. The van der Waals surface area contributed by atoms with Crippen molar-refractivity contribution in [1.82, 2.24) is 39.7 Å². The van der Waals surface area contributed by atoms with Gasteiger partial charge in [0.05, 0.1) is 25.6 Å². The summed E-state index contributed by atoms with van der Waals surface area (Å²) >= 11 is 5.75. The molecule has 0 atom stereocenters. The smallest absolute Gasteiger partial charge is 0.248 e. The Morgan fingerprint density at radius 1 is 0.648 bits per heavy atom. The van der Waals surface area contributed by atoms with Crippen molar-refractivity contribution in [2.24, 2.45) is 0 Å². The monoisotopic (exact) mass is 982 g/mol. The van der Waals surface area contributed by atoms with Crippen LogP contribution in [-0.4, -0.2) is 90.6 Å². The molecule has 71 heavy (non-hydrogen) atoms. The van der Waals surface area contributed by atoms with Gasteiger partial charge >= 0.3 is 0 Å². The molecule has 20 nitrogen and oxygen atoms in total. The summed E-state index contributed by atoms with van der Waals surface area (Å²) in [5.74, 6) is 4.20. The molecule has 0 radical (unpaired) electrons. The van der Waals surface area contributed by atoms with Gasteiger partial charge in [-0.3, -0.25) is 19.2 Å². The number of fused-ring (bicyclic) bond motifs is 2. The summed E-state index contributed by atoms with van der Waals surface area (Å²) in [6.45, 7) is 16.4. The van der Waals surface area contributed by atoms with Crippen LogP contribution in [0.1, 0.15) is 47.2 Å². The van der Waals surface area contributed by atoms with E-state index in [2.05, 4.69) is 69.6 Å². The zero-order valence-electron chi connectivity index (χ0n) is 40.2. The number of nitrogens with zero attached hydrogens (tertiary/aromatic N) is 8. The second-order valence-electron chi connectivity index (χ2n) is 16.0. The highest BCUT2D eigenvalue weighted by atomic mass is 35.5. The first-order valence-electron chi connectivity index (χ1n) is 22.2. The molecule has 6 aromatic rings. The Morgan fingerprint density at radius 2 is 1.13 bits per heavy atom.